The number of nitrogens with zero attached hydrogens (tertiary/aromatic N) is 2. The molecule has 1 atom stereocenters. The molecule has 1 aromatic carbocycles. The lowest BCUT2D eigenvalue weighted by Gasteiger charge is -2.34. The van der Waals surface area contributed by atoms with E-state index in [0.29, 0.717) is 18.0 Å². The van der Waals surface area contributed by atoms with Crippen molar-refractivity contribution in [3.8, 4) is 0 Å². The molecule has 2 aromatic rings. The molecule has 118 valence electrons. The molecule has 0 bridgehead atoms. The van der Waals surface area contributed by atoms with Gasteiger partial charge in [-0.2, -0.15) is 0 Å². The summed E-state index contributed by atoms with van der Waals surface area (Å²) in [6.45, 7) is 2.34. The summed E-state index contributed by atoms with van der Waals surface area (Å²) >= 11 is 1.49. The molecular weight excluding hydrogens is 306 g/mol. The van der Waals surface area contributed by atoms with Gasteiger partial charge >= 0.3 is 0 Å². The molecule has 0 amide bonds. The zero-order valence-corrected chi connectivity index (χ0v) is 13.9. The first kappa shape index (κ1) is 14.5. The monoisotopic (exact) mass is 325 g/mol. The number of benzene rings is 1. The Morgan fingerprint density at radius 1 is 1.35 bits per heavy atom. The average molecular weight is 325 g/mol. The predicted molar refractivity (Wildman–Crippen MR) is 93.0 cm³/mol. The molecule has 4 rings (SSSR count). The van der Waals surface area contributed by atoms with Gasteiger partial charge < -0.3 is 10.0 Å². The summed E-state index contributed by atoms with van der Waals surface area (Å²) in [5.74, 6) is 0.672. The topological polar surface area (TPSA) is 60.2 Å². The second kappa shape index (κ2) is 5.49. The standard InChI is InChI=1S/C18H19N3OS/c1-11-10-23-18(20-11)16-15(22)9-21(17(16)19)14-8-4-6-12-5-2-3-7-13(12)14/h2-3,5,7,10,14,19,22H,4,6,8-9H2,1H3. The molecule has 2 N–H and O–H groups in total. The van der Waals surface area contributed by atoms with Crippen molar-refractivity contribution in [2.45, 2.75) is 32.2 Å². The van der Waals surface area contributed by atoms with E-state index in [9.17, 15) is 5.11 Å². The van der Waals surface area contributed by atoms with Crippen LogP contribution in [0.5, 0.6) is 0 Å². The number of rotatable bonds is 2. The zero-order chi connectivity index (χ0) is 16.0. The molecule has 2 aliphatic rings. The molecule has 1 aliphatic heterocycles. The number of aryl methyl sites for hydroxylation is 2. The van der Waals surface area contributed by atoms with Gasteiger partial charge in [-0.1, -0.05) is 24.3 Å². The summed E-state index contributed by atoms with van der Waals surface area (Å²) in [5, 5.41) is 21.7. The van der Waals surface area contributed by atoms with Crippen LogP contribution >= 0.6 is 11.3 Å². The second-order valence-electron chi connectivity index (χ2n) is 6.20. The summed E-state index contributed by atoms with van der Waals surface area (Å²) in [5.41, 5.74) is 4.20. The Balaban J connectivity index is 1.68. The Hall–Kier alpha value is -2.14. The lowest BCUT2D eigenvalue weighted by atomic mass is 9.87. The quantitative estimate of drug-likeness (QED) is 0.874. The SMILES string of the molecule is Cc1csc(C2=C(O)CN(C3CCCc4ccccc43)C2=N)n1. The Kier molecular flexibility index (Phi) is 3.45. The van der Waals surface area contributed by atoms with Crippen LogP contribution in [0.1, 0.15) is 40.7 Å². The summed E-state index contributed by atoms with van der Waals surface area (Å²) in [7, 11) is 0. The fourth-order valence-corrected chi connectivity index (χ4v) is 4.48. The molecular formula is C18H19N3OS. The number of aliphatic hydroxyl groups is 1. The first-order chi connectivity index (χ1) is 11.1. The maximum atomic E-state index is 10.4. The lowest BCUT2D eigenvalue weighted by Crippen LogP contribution is -2.33. The molecule has 0 saturated carbocycles. The number of fused-ring (bicyclic) bond motifs is 1. The van der Waals surface area contributed by atoms with Gasteiger partial charge in [-0.05, 0) is 37.3 Å². The van der Waals surface area contributed by atoms with Crippen molar-refractivity contribution in [1.29, 1.82) is 5.41 Å². The van der Waals surface area contributed by atoms with Gasteiger partial charge in [0.1, 0.15) is 16.6 Å². The molecule has 0 saturated heterocycles. The fraction of sp³-hybridized carbons (Fsp3) is 0.333. The van der Waals surface area contributed by atoms with Crippen LogP contribution in [-0.2, 0) is 6.42 Å². The van der Waals surface area contributed by atoms with E-state index in [4.69, 9.17) is 5.41 Å². The minimum atomic E-state index is 0.174. The molecule has 0 spiro atoms. The minimum Gasteiger partial charge on any atom is -0.510 e. The number of aromatic nitrogens is 1. The third kappa shape index (κ3) is 2.36. The van der Waals surface area contributed by atoms with E-state index in [1.165, 1.54) is 22.5 Å². The van der Waals surface area contributed by atoms with E-state index in [2.05, 4.69) is 29.2 Å². The van der Waals surface area contributed by atoms with Crippen molar-refractivity contribution in [2.24, 2.45) is 0 Å². The highest BCUT2D eigenvalue weighted by molar-refractivity contribution is 7.11. The summed E-state index contributed by atoms with van der Waals surface area (Å²) in [6, 6.07) is 8.66. The smallest absolute Gasteiger partial charge is 0.135 e. The molecule has 23 heavy (non-hydrogen) atoms. The van der Waals surface area contributed by atoms with Crippen LogP contribution < -0.4 is 0 Å². The first-order valence-corrected chi connectivity index (χ1v) is 8.81. The first-order valence-electron chi connectivity index (χ1n) is 7.93. The van der Waals surface area contributed by atoms with Gasteiger partial charge in [0.05, 0.1) is 18.2 Å². The summed E-state index contributed by atoms with van der Waals surface area (Å²) < 4.78 is 0. The Bertz CT molecular complexity index is 808. The van der Waals surface area contributed by atoms with Gasteiger partial charge in [0.15, 0.2) is 0 Å². The van der Waals surface area contributed by atoms with Gasteiger partial charge in [-0.3, -0.25) is 5.41 Å². The van der Waals surface area contributed by atoms with E-state index < -0.39 is 0 Å². The molecule has 0 radical (unpaired) electrons. The van der Waals surface area contributed by atoms with Gasteiger partial charge in [0, 0.05) is 11.1 Å². The predicted octanol–water partition coefficient (Wildman–Crippen LogP) is 4.09. The van der Waals surface area contributed by atoms with Crippen LogP contribution in [0.3, 0.4) is 0 Å². The van der Waals surface area contributed by atoms with Gasteiger partial charge in [-0.15, -0.1) is 11.3 Å². The van der Waals surface area contributed by atoms with Crippen molar-refractivity contribution in [2.75, 3.05) is 6.54 Å². The molecule has 1 aliphatic carbocycles. The van der Waals surface area contributed by atoms with Crippen molar-refractivity contribution in [3.63, 3.8) is 0 Å². The van der Waals surface area contributed by atoms with Crippen LogP contribution in [0, 0.1) is 12.3 Å². The highest BCUT2D eigenvalue weighted by Gasteiger charge is 2.36. The van der Waals surface area contributed by atoms with E-state index in [1.54, 1.807) is 0 Å². The largest absolute Gasteiger partial charge is 0.510 e. The summed E-state index contributed by atoms with van der Waals surface area (Å²) in [4.78, 5) is 6.48. The van der Waals surface area contributed by atoms with Crippen LogP contribution in [0.15, 0.2) is 35.4 Å². The van der Waals surface area contributed by atoms with Crippen LogP contribution in [0.25, 0.3) is 5.57 Å². The number of thiazole rings is 1. The van der Waals surface area contributed by atoms with Gasteiger partial charge in [0.25, 0.3) is 0 Å². The van der Waals surface area contributed by atoms with Crippen molar-refractivity contribution < 1.29 is 5.11 Å². The third-order valence-corrected chi connectivity index (χ3v) is 5.66. The van der Waals surface area contributed by atoms with Crippen LogP contribution in [0.2, 0.25) is 0 Å². The molecule has 4 nitrogen and oxygen atoms in total. The van der Waals surface area contributed by atoms with Crippen LogP contribution in [-0.4, -0.2) is 27.4 Å². The molecule has 1 unspecified atom stereocenters. The van der Waals surface area contributed by atoms with E-state index in [0.717, 1.165) is 30.0 Å². The highest BCUT2D eigenvalue weighted by atomic mass is 32.1. The van der Waals surface area contributed by atoms with E-state index >= 15 is 0 Å². The number of amidine groups is 1. The number of nitrogens with one attached hydrogen (secondary N) is 1. The Morgan fingerprint density at radius 2 is 2.17 bits per heavy atom. The Labute approximate surface area is 139 Å². The van der Waals surface area contributed by atoms with Crippen molar-refractivity contribution in [3.05, 3.63) is 57.2 Å². The number of hydrogen-bond acceptors (Lipinski definition) is 4. The summed E-state index contributed by atoms with van der Waals surface area (Å²) in [6.07, 6.45) is 3.25. The highest BCUT2D eigenvalue weighted by Crippen LogP contribution is 2.40. The third-order valence-electron chi connectivity index (χ3n) is 4.68. The minimum absolute atomic E-state index is 0.174. The Morgan fingerprint density at radius 3 is 2.96 bits per heavy atom. The van der Waals surface area contributed by atoms with Crippen LogP contribution in [0.4, 0.5) is 0 Å². The lowest BCUT2D eigenvalue weighted by molar-refractivity contribution is 0.274. The zero-order valence-electron chi connectivity index (χ0n) is 13.0. The van der Waals surface area contributed by atoms with E-state index in [1.807, 2.05) is 17.2 Å². The maximum absolute atomic E-state index is 10.4. The van der Waals surface area contributed by atoms with Gasteiger partial charge in [-0.25, -0.2) is 4.98 Å². The molecule has 1 aromatic heterocycles. The average Bonchev–Trinajstić information content (AvgIpc) is 3.10. The number of aliphatic hydroxyl groups excluding tert-OH is 1. The maximum Gasteiger partial charge on any atom is 0.135 e. The molecule has 2 heterocycles. The van der Waals surface area contributed by atoms with E-state index in [-0.39, 0.29) is 11.8 Å². The second-order valence-corrected chi connectivity index (χ2v) is 7.06. The molecule has 5 heteroatoms. The molecule has 0 fully saturated rings. The fourth-order valence-electron chi connectivity index (χ4n) is 3.61. The number of hydrogen-bond donors (Lipinski definition) is 2. The van der Waals surface area contributed by atoms with Crippen molar-refractivity contribution >= 4 is 22.7 Å². The van der Waals surface area contributed by atoms with Crippen molar-refractivity contribution in [1.82, 2.24) is 9.88 Å². The van der Waals surface area contributed by atoms with Gasteiger partial charge in [0.2, 0.25) is 0 Å². The normalized spacial score (nSPS) is 21.0.